The van der Waals surface area contributed by atoms with E-state index < -0.39 is 15.9 Å². The van der Waals surface area contributed by atoms with Gasteiger partial charge in [-0.05, 0) is 63.7 Å². The van der Waals surface area contributed by atoms with E-state index in [1.165, 1.54) is 15.6 Å². The average Bonchev–Trinajstić information content (AvgIpc) is 3.22. The molecule has 2 heterocycles. The number of carbonyl (C=O) groups is 1. The lowest BCUT2D eigenvalue weighted by atomic mass is 9.98. The van der Waals surface area contributed by atoms with Crippen LogP contribution in [0.2, 0.25) is 0 Å². The fraction of sp³-hybridized carbons (Fsp3) is 0.417. The van der Waals surface area contributed by atoms with Gasteiger partial charge in [0.15, 0.2) is 5.13 Å². The van der Waals surface area contributed by atoms with E-state index in [1.807, 2.05) is 38.1 Å². The van der Waals surface area contributed by atoms with Crippen LogP contribution in [-0.4, -0.2) is 68.8 Å². The molecule has 7 nitrogen and oxygen atoms in total. The topological polar surface area (TPSA) is 73.8 Å². The molecule has 176 valence electrons. The number of hydrogen-bond acceptors (Lipinski definition) is 6. The van der Waals surface area contributed by atoms with Crippen molar-refractivity contribution in [3.63, 3.8) is 0 Å². The number of sulfonamides is 1. The first kappa shape index (κ1) is 23.8. The van der Waals surface area contributed by atoms with Crippen molar-refractivity contribution in [2.24, 2.45) is 5.92 Å². The molecular weight excluding hydrogens is 456 g/mol. The lowest BCUT2D eigenvalue weighted by molar-refractivity contribution is -0.123. The number of benzene rings is 2. The Balaban J connectivity index is 1.60. The number of anilines is 1. The van der Waals surface area contributed by atoms with E-state index in [9.17, 15) is 13.2 Å². The highest BCUT2D eigenvalue weighted by Crippen LogP contribution is 2.32. The minimum absolute atomic E-state index is 0.0550. The van der Waals surface area contributed by atoms with Gasteiger partial charge in [0.1, 0.15) is 0 Å². The third-order valence-corrected chi connectivity index (χ3v) is 8.84. The van der Waals surface area contributed by atoms with E-state index in [0.29, 0.717) is 37.6 Å². The predicted octanol–water partition coefficient (Wildman–Crippen LogP) is 3.60. The molecule has 0 aliphatic carbocycles. The summed E-state index contributed by atoms with van der Waals surface area (Å²) in [6, 6.07) is 14.5. The van der Waals surface area contributed by atoms with Crippen molar-refractivity contribution in [3.05, 3.63) is 54.1 Å². The van der Waals surface area contributed by atoms with E-state index in [-0.39, 0.29) is 17.3 Å². The molecule has 2 aromatic carbocycles. The van der Waals surface area contributed by atoms with E-state index in [4.69, 9.17) is 4.98 Å². The van der Waals surface area contributed by atoms with Crippen LogP contribution in [0.15, 0.2) is 53.4 Å². The van der Waals surface area contributed by atoms with Gasteiger partial charge in [-0.2, -0.15) is 4.31 Å². The number of carbonyl (C=O) groups excluding carboxylic acids is 1. The number of fused-ring (bicyclic) bond motifs is 1. The number of likely N-dealkylation sites (N-methyl/N-ethyl adjacent to an activating group) is 1. The molecule has 1 aliphatic heterocycles. The second kappa shape index (κ2) is 9.89. The van der Waals surface area contributed by atoms with Gasteiger partial charge in [0, 0.05) is 26.2 Å². The molecule has 1 aromatic heterocycles. The molecule has 1 fully saturated rings. The summed E-state index contributed by atoms with van der Waals surface area (Å²) in [6.45, 7) is 3.86. The van der Waals surface area contributed by atoms with Crippen molar-refractivity contribution in [2.45, 2.75) is 24.7 Å². The van der Waals surface area contributed by atoms with Crippen molar-refractivity contribution in [1.82, 2.24) is 14.2 Å². The minimum atomic E-state index is -3.63. The zero-order chi connectivity index (χ0) is 23.6. The largest absolute Gasteiger partial charge is 0.308 e. The summed E-state index contributed by atoms with van der Waals surface area (Å²) in [5.41, 5.74) is 2.03. The van der Waals surface area contributed by atoms with Crippen molar-refractivity contribution in [2.75, 3.05) is 45.2 Å². The van der Waals surface area contributed by atoms with Gasteiger partial charge in [-0.3, -0.25) is 9.69 Å². The first-order valence-corrected chi connectivity index (χ1v) is 13.4. The van der Waals surface area contributed by atoms with E-state index in [2.05, 4.69) is 6.07 Å². The van der Waals surface area contributed by atoms with Crippen LogP contribution in [0.4, 0.5) is 5.13 Å². The second-order valence-corrected chi connectivity index (χ2v) is 11.7. The molecule has 3 aromatic rings. The normalized spacial score (nSPS) is 17.5. The number of aryl methyl sites for hydroxylation is 1. The van der Waals surface area contributed by atoms with Gasteiger partial charge in [-0.15, -0.1) is 0 Å². The Morgan fingerprint density at radius 3 is 2.64 bits per heavy atom. The van der Waals surface area contributed by atoms with Gasteiger partial charge in [0.05, 0.1) is 21.0 Å². The number of hydrogen-bond donors (Lipinski definition) is 0. The highest BCUT2D eigenvalue weighted by atomic mass is 32.2. The van der Waals surface area contributed by atoms with Crippen LogP contribution < -0.4 is 4.90 Å². The first-order valence-electron chi connectivity index (χ1n) is 11.1. The average molecular weight is 487 g/mol. The third kappa shape index (κ3) is 5.27. The number of amides is 1. The second-order valence-electron chi connectivity index (χ2n) is 8.78. The summed E-state index contributed by atoms with van der Waals surface area (Å²) in [5, 5.41) is 0.672. The van der Waals surface area contributed by atoms with Gasteiger partial charge in [0.2, 0.25) is 15.9 Å². The molecule has 1 saturated heterocycles. The molecule has 0 N–H and O–H groups in total. The zero-order valence-corrected chi connectivity index (χ0v) is 20.9. The molecular formula is C24H30N4O3S2. The summed E-state index contributed by atoms with van der Waals surface area (Å²) in [5.74, 6) is -0.450. The van der Waals surface area contributed by atoms with Gasteiger partial charge in [-0.25, -0.2) is 13.4 Å². The lowest BCUT2D eigenvalue weighted by Crippen LogP contribution is -2.48. The van der Waals surface area contributed by atoms with Gasteiger partial charge >= 0.3 is 0 Å². The molecule has 1 amide bonds. The monoisotopic (exact) mass is 486 g/mol. The first-order chi connectivity index (χ1) is 15.8. The van der Waals surface area contributed by atoms with E-state index in [1.54, 1.807) is 35.2 Å². The van der Waals surface area contributed by atoms with Gasteiger partial charge in [-0.1, -0.05) is 35.6 Å². The summed E-state index contributed by atoms with van der Waals surface area (Å²) in [7, 11) is 0.314. The van der Waals surface area contributed by atoms with Crippen LogP contribution in [0, 0.1) is 12.8 Å². The Morgan fingerprint density at radius 1 is 1.15 bits per heavy atom. The number of piperidine rings is 1. The Hall–Kier alpha value is -2.33. The summed E-state index contributed by atoms with van der Waals surface area (Å²) in [4.78, 5) is 22.5. The number of nitrogens with zero attached hydrogens (tertiary/aromatic N) is 4. The Labute approximate surface area is 199 Å². The Kier molecular flexibility index (Phi) is 7.13. The smallest absolute Gasteiger partial charge is 0.243 e. The summed E-state index contributed by atoms with van der Waals surface area (Å²) < 4.78 is 28.8. The maximum Gasteiger partial charge on any atom is 0.243 e. The van der Waals surface area contributed by atoms with Crippen molar-refractivity contribution >= 4 is 42.6 Å². The van der Waals surface area contributed by atoms with Crippen LogP contribution in [-0.2, 0) is 14.8 Å². The Morgan fingerprint density at radius 2 is 1.91 bits per heavy atom. The highest BCUT2D eigenvalue weighted by molar-refractivity contribution is 7.89. The molecule has 9 heteroatoms. The number of thiazole rings is 1. The minimum Gasteiger partial charge on any atom is -0.308 e. The molecule has 1 atom stereocenters. The number of rotatable bonds is 7. The van der Waals surface area contributed by atoms with Crippen LogP contribution >= 0.6 is 11.3 Å². The van der Waals surface area contributed by atoms with Gasteiger partial charge < -0.3 is 4.90 Å². The van der Waals surface area contributed by atoms with Crippen molar-refractivity contribution in [3.8, 4) is 0 Å². The van der Waals surface area contributed by atoms with Crippen molar-refractivity contribution in [1.29, 1.82) is 0 Å². The molecule has 0 bridgehead atoms. The predicted molar refractivity (Wildman–Crippen MR) is 133 cm³/mol. The van der Waals surface area contributed by atoms with E-state index in [0.717, 1.165) is 15.8 Å². The van der Waals surface area contributed by atoms with Gasteiger partial charge in [0.25, 0.3) is 0 Å². The molecule has 0 saturated carbocycles. The highest BCUT2D eigenvalue weighted by Gasteiger charge is 2.36. The van der Waals surface area contributed by atoms with Crippen molar-refractivity contribution < 1.29 is 13.2 Å². The molecule has 4 rings (SSSR count). The summed E-state index contributed by atoms with van der Waals surface area (Å²) >= 11 is 1.51. The SMILES string of the molecule is Cc1ccc2nc(N(CCN(C)C)C(=O)C3CCCN(S(=O)(=O)c4ccccc4)C3)sc2c1. The molecule has 0 radical (unpaired) electrons. The lowest BCUT2D eigenvalue weighted by Gasteiger charge is -2.34. The maximum atomic E-state index is 13.7. The van der Waals surface area contributed by atoms with Crippen LogP contribution in [0.25, 0.3) is 10.2 Å². The van der Waals surface area contributed by atoms with Crippen LogP contribution in [0.5, 0.6) is 0 Å². The molecule has 0 spiro atoms. The maximum absolute atomic E-state index is 13.7. The van der Waals surface area contributed by atoms with E-state index >= 15 is 0 Å². The number of aromatic nitrogens is 1. The quantitative estimate of drug-likeness (QED) is 0.510. The molecule has 1 aliphatic rings. The fourth-order valence-corrected chi connectivity index (χ4v) is 6.70. The van der Waals surface area contributed by atoms with Crippen LogP contribution in [0.1, 0.15) is 18.4 Å². The molecule has 33 heavy (non-hydrogen) atoms. The zero-order valence-electron chi connectivity index (χ0n) is 19.3. The Bertz CT molecular complexity index is 1220. The fourth-order valence-electron chi connectivity index (χ4n) is 4.06. The summed E-state index contributed by atoms with van der Waals surface area (Å²) in [6.07, 6.45) is 1.32. The molecule has 1 unspecified atom stereocenters. The third-order valence-electron chi connectivity index (χ3n) is 5.91. The van der Waals surface area contributed by atoms with Crippen LogP contribution in [0.3, 0.4) is 0 Å². The standard InChI is InChI=1S/C24H30N4O3S2/c1-18-11-12-21-22(16-18)32-24(25-21)28(15-14-26(2)3)23(29)19-8-7-13-27(17-19)33(30,31)20-9-5-4-6-10-20/h4-6,9-12,16,19H,7-8,13-15,17H2,1-3H3.